The Morgan fingerprint density at radius 2 is 1.60 bits per heavy atom. The van der Waals surface area contributed by atoms with E-state index in [0.29, 0.717) is 19.6 Å². The predicted octanol–water partition coefficient (Wildman–Crippen LogP) is 5.63. The lowest BCUT2D eigenvalue weighted by molar-refractivity contribution is 0.0344. The summed E-state index contributed by atoms with van der Waals surface area (Å²) in [5.74, 6) is 1.22. The second-order valence-electron chi connectivity index (χ2n) is 11.5. The molecule has 0 spiro atoms. The molecule has 0 saturated carbocycles. The number of aliphatic hydroxyl groups is 1. The Morgan fingerprint density at radius 1 is 0.956 bits per heavy atom. The number of benzene rings is 4. The molecule has 9 nitrogen and oxygen atoms in total. The number of para-hydroxylation sites is 2. The van der Waals surface area contributed by atoms with Crippen LogP contribution in [0.25, 0.3) is 0 Å². The summed E-state index contributed by atoms with van der Waals surface area (Å²) in [6.45, 7) is 5.08. The van der Waals surface area contributed by atoms with Crippen LogP contribution in [-0.4, -0.2) is 68.1 Å². The van der Waals surface area contributed by atoms with E-state index in [9.17, 15) is 18.3 Å². The molecule has 0 aliphatic carbocycles. The fourth-order valence-electron chi connectivity index (χ4n) is 5.32. The molecule has 2 N–H and O–H groups in total. The number of amides is 1. The molecule has 10 heteroatoms. The van der Waals surface area contributed by atoms with Crippen LogP contribution in [-0.2, 0) is 16.6 Å². The lowest BCUT2D eigenvalue weighted by atomic mass is 9.99. The zero-order chi connectivity index (χ0) is 32.0. The van der Waals surface area contributed by atoms with E-state index in [4.69, 9.17) is 9.47 Å². The van der Waals surface area contributed by atoms with Gasteiger partial charge in [0.05, 0.1) is 28.8 Å². The highest BCUT2D eigenvalue weighted by atomic mass is 32.2. The van der Waals surface area contributed by atoms with Crippen LogP contribution in [0, 0.1) is 5.92 Å². The third kappa shape index (κ3) is 7.83. The van der Waals surface area contributed by atoms with Gasteiger partial charge in [0, 0.05) is 25.6 Å². The molecular formula is C35H39N3O6S. The number of hydrogen-bond acceptors (Lipinski definition) is 7. The molecule has 1 amide bonds. The van der Waals surface area contributed by atoms with Crippen molar-refractivity contribution >= 4 is 21.6 Å². The fourth-order valence-corrected chi connectivity index (χ4v) is 6.40. The number of rotatable bonds is 11. The average molecular weight is 630 g/mol. The van der Waals surface area contributed by atoms with Gasteiger partial charge in [-0.15, -0.1) is 0 Å². The SMILES string of the molecule is C[C@H]1CN([C@@H](C)CO)C(=O)c2cccc(NS(=O)(=O)c3ccccc3)c2O[C@@H]1CN(C)Cc1ccc(Oc2ccccc2)cc1. The van der Waals surface area contributed by atoms with Crippen LogP contribution in [0.5, 0.6) is 17.2 Å². The number of fused-ring (bicyclic) bond motifs is 1. The summed E-state index contributed by atoms with van der Waals surface area (Å²) in [5, 5.41) is 9.98. The van der Waals surface area contributed by atoms with Crippen LogP contribution in [0.4, 0.5) is 5.69 Å². The first-order valence-electron chi connectivity index (χ1n) is 14.9. The smallest absolute Gasteiger partial charge is 0.262 e. The van der Waals surface area contributed by atoms with E-state index in [2.05, 4.69) is 9.62 Å². The van der Waals surface area contributed by atoms with E-state index in [-0.39, 0.29) is 40.3 Å². The number of nitrogens with one attached hydrogen (secondary N) is 1. The van der Waals surface area contributed by atoms with Crippen LogP contribution >= 0.6 is 0 Å². The number of sulfonamides is 1. The monoisotopic (exact) mass is 629 g/mol. The number of ether oxygens (including phenoxy) is 2. The zero-order valence-electron chi connectivity index (χ0n) is 25.7. The lowest BCUT2D eigenvalue weighted by Gasteiger charge is -2.38. The van der Waals surface area contributed by atoms with E-state index < -0.39 is 22.2 Å². The van der Waals surface area contributed by atoms with Gasteiger partial charge >= 0.3 is 0 Å². The Bertz CT molecular complexity index is 1680. The molecule has 4 aromatic carbocycles. The van der Waals surface area contributed by atoms with E-state index in [0.717, 1.165) is 17.1 Å². The third-order valence-corrected chi connectivity index (χ3v) is 9.22. The van der Waals surface area contributed by atoms with Crippen molar-refractivity contribution < 1.29 is 27.8 Å². The van der Waals surface area contributed by atoms with Gasteiger partial charge in [0.25, 0.3) is 15.9 Å². The quantitative estimate of drug-likeness (QED) is 0.221. The predicted molar refractivity (Wildman–Crippen MR) is 174 cm³/mol. The van der Waals surface area contributed by atoms with Crippen LogP contribution in [0.15, 0.2) is 108 Å². The Morgan fingerprint density at radius 3 is 2.27 bits per heavy atom. The molecule has 3 atom stereocenters. The second kappa shape index (κ2) is 14.2. The molecule has 0 saturated heterocycles. The molecule has 1 aliphatic heterocycles. The maximum Gasteiger partial charge on any atom is 0.262 e. The lowest BCUT2D eigenvalue weighted by Crippen LogP contribution is -2.49. The van der Waals surface area contributed by atoms with Gasteiger partial charge in [0.2, 0.25) is 0 Å². The van der Waals surface area contributed by atoms with Crippen LogP contribution in [0.3, 0.4) is 0 Å². The van der Waals surface area contributed by atoms with Gasteiger partial charge in [0.1, 0.15) is 17.6 Å². The van der Waals surface area contributed by atoms with E-state index >= 15 is 0 Å². The third-order valence-electron chi connectivity index (χ3n) is 7.84. The van der Waals surface area contributed by atoms with Gasteiger partial charge in [-0.05, 0) is 68.1 Å². The van der Waals surface area contributed by atoms with Gasteiger partial charge in [-0.1, -0.05) is 61.5 Å². The first-order chi connectivity index (χ1) is 21.6. The molecule has 0 unspecified atom stereocenters. The van der Waals surface area contributed by atoms with Crippen molar-refractivity contribution in [1.29, 1.82) is 0 Å². The molecule has 0 fully saturated rings. The summed E-state index contributed by atoms with van der Waals surface area (Å²) < 4.78 is 41.7. The summed E-state index contributed by atoms with van der Waals surface area (Å²) in [7, 11) is -1.96. The normalized spacial score (nSPS) is 17.5. The van der Waals surface area contributed by atoms with Crippen LogP contribution < -0.4 is 14.2 Å². The number of hydrogen-bond donors (Lipinski definition) is 2. The molecule has 4 aromatic rings. The maximum absolute atomic E-state index is 13.8. The van der Waals surface area contributed by atoms with E-state index in [1.54, 1.807) is 48.2 Å². The average Bonchev–Trinajstić information content (AvgIpc) is 3.04. The van der Waals surface area contributed by atoms with Crippen molar-refractivity contribution in [2.45, 2.75) is 37.4 Å². The van der Waals surface area contributed by atoms with Crippen molar-refractivity contribution in [3.63, 3.8) is 0 Å². The molecule has 0 radical (unpaired) electrons. The van der Waals surface area contributed by atoms with Crippen molar-refractivity contribution in [2.24, 2.45) is 5.92 Å². The van der Waals surface area contributed by atoms with Crippen molar-refractivity contribution in [1.82, 2.24) is 9.80 Å². The highest BCUT2D eigenvalue weighted by Crippen LogP contribution is 2.36. The summed E-state index contributed by atoms with van der Waals surface area (Å²) in [6, 6.07) is 30.0. The zero-order valence-corrected chi connectivity index (χ0v) is 26.5. The van der Waals surface area contributed by atoms with Crippen molar-refractivity contribution in [3.05, 3.63) is 114 Å². The Hall–Kier alpha value is -4.38. The first-order valence-corrected chi connectivity index (χ1v) is 16.4. The second-order valence-corrected chi connectivity index (χ2v) is 13.2. The number of carbonyl (C=O) groups is 1. The maximum atomic E-state index is 13.8. The number of nitrogens with zero attached hydrogens (tertiary/aromatic N) is 2. The Kier molecular flexibility index (Phi) is 10.1. The molecular weight excluding hydrogens is 590 g/mol. The molecule has 5 rings (SSSR count). The minimum atomic E-state index is -3.95. The molecule has 45 heavy (non-hydrogen) atoms. The van der Waals surface area contributed by atoms with E-state index in [1.807, 2.05) is 68.6 Å². The summed E-state index contributed by atoms with van der Waals surface area (Å²) in [5.41, 5.74) is 1.49. The van der Waals surface area contributed by atoms with Crippen LogP contribution in [0.2, 0.25) is 0 Å². The van der Waals surface area contributed by atoms with E-state index in [1.165, 1.54) is 12.1 Å². The molecule has 0 aromatic heterocycles. The minimum Gasteiger partial charge on any atom is -0.486 e. The Labute approximate surface area is 265 Å². The molecule has 0 bridgehead atoms. The number of likely N-dealkylation sites (N-methyl/N-ethyl adjacent to an activating group) is 1. The van der Waals surface area contributed by atoms with Crippen LogP contribution in [0.1, 0.15) is 29.8 Å². The first kappa shape index (κ1) is 32.0. The summed E-state index contributed by atoms with van der Waals surface area (Å²) in [4.78, 5) is 17.6. The molecule has 236 valence electrons. The fraction of sp³-hybridized carbons (Fsp3) is 0.286. The summed E-state index contributed by atoms with van der Waals surface area (Å²) in [6.07, 6.45) is -0.404. The van der Waals surface area contributed by atoms with Gasteiger partial charge in [-0.2, -0.15) is 0 Å². The van der Waals surface area contributed by atoms with Gasteiger partial charge in [-0.25, -0.2) is 8.42 Å². The highest BCUT2D eigenvalue weighted by Gasteiger charge is 2.35. The number of anilines is 1. The van der Waals surface area contributed by atoms with Gasteiger partial charge in [0.15, 0.2) is 5.75 Å². The highest BCUT2D eigenvalue weighted by molar-refractivity contribution is 7.92. The van der Waals surface area contributed by atoms with Crippen molar-refractivity contribution in [3.8, 4) is 17.2 Å². The number of carbonyl (C=O) groups excluding carboxylic acids is 1. The molecule has 1 heterocycles. The minimum absolute atomic E-state index is 0.0974. The topological polar surface area (TPSA) is 108 Å². The Balaban J connectivity index is 1.39. The van der Waals surface area contributed by atoms with Gasteiger partial charge < -0.3 is 19.5 Å². The standard InChI is InChI=1S/C35H39N3O6S/c1-25-21-38(26(2)24-39)35(40)31-15-10-16-32(36-45(41,42)30-13-8-5-9-14-30)34(31)44-33(25)23-37(3)22-27-17-19-29(20-18-27)43-28-11-6-4-7-12-28/h4-20,25-26,33,36,39H,21-24H2,1-3H3/t25-,26-,33+/m0/s1. The van der Waals surface area contributed by atoms with Crippen molar-refractivity contribution in [2.75, 3.05) is 31.5 Å². The molecule has 1 aliphatic rings. The summed E-state index contributed by atoms with van der Waals surface area (Å²) >= 11 is 0. The number of aliphatic hydroxyl groups excluding tert-OH is 1. The largest absolute Gasteiger partial charge is 0.486 e. The van der Waals surface area contributed by atoms with Gasteiger partial charge in [-0.3, -0.25) is 14.4 Å².